The van der Waals surface area contributed by atoms with Gasteiger partial charge < -0.3 is 5.32 Å². The first-order valence-electron chi connectivity index (χ1n) is 2.36. The Morgan fingerprint density at radius 1 is 1.29 bits per heavy atom. The van der Waals surface area contributed by atoms with Crippen LogP contribution in [-0.4, -0.2) is 19.9 Å². The standard InChI is InChI=1S/C4H11N.CHO/c1-3-5-4-2;1-2/h5H,3-4H2,1-2H3;1H. The molecule has 43 valence electrons. The van der Waals surface area contributed by atoms with E-state index in [1.54, 1.807) is 0 Å². The lowest BCUT2D eigenvalue weighted by atomic mass is 10.7. The van der Waals surface area contributed by atoms with Crippen molar-refractivity contribution in [3.63, 3.8) is 0 Å². The van der Waals surface area contributed by atoms with Crippen LogP contribution >= 0.6 is 0 Å². The summed E-state index contributed by atoms with van der Waals surface area (Å²) in [7, 11) is 0. The summed E-state index contributed by atoms with van der Waals surface area (Å²) < 4.78 is 0. The highest BCUT2D eigenvalue weighted by atomic mass is 16.1. The van der Waals surface area contributed by atoms with E-state index < -0.39 is 0 Å². The largest absolute Gasteiger partial charge is 0.317 e. The molecule has 0 aromatic rings. The van der Waals surface area contributed by atoms with E-state index in [1.165, 1.54) is 0 Å². The van der Waals surface area contributed by atoms with Crippen molar-refractivity contribution in [2.75, 3.05) is 13.1 Å². The second-order valence-electron chi connectivity index (χ2n) is 0.957. The Balaban J connectivity index is 0. The maximum atomic E-state index is 7.75. The fourth-order valence-corrected chi connectivity index (χ4v) is 0.250. The third-order valence-corrected chi connectivity index (χ3v) is 0.500. The molecule has 0 aliphatic heterocycles. The molecule has 0 aromatic carbocycles. The minimum atomic E-state index is 1.09. The van der Waals surface area contributed by atoms with Crippen molar-refractivity contribution in [1.29, 1.82) is 0 Å². The molecule has 1 N–H and O–H groups in total. The Morgan fingerprint density at radius 2 is 1.57 bits per heavy atom. The minimum Gasteiger partial charge on any atom is -0.317 e. The third kappa shape index (κ3) is 27.9. The molecule has 0 fully saturated rings. The van der Waals surface area contributed by atoms with Crippen molar-refractivity contribution in [3.8, 4) is 0 Å². The van der Waals surface area contributed by atoms with E-state index in [1.807, 2.05) is 0 Å². The van der Waals surface area contributed by atoms with Crippen molar-refractivity contribution in [2.45, 2.75) is 13.8 Å². The van der Waals surface area contributed by atoms with Gasteiger partial charge in [0.25, 0.3) is 0 Å². The Hall–Kier alpha value is -0.370. The summed E-state index contributed by atoms with van der Waals surface area (Å²) >= 11 is 0. The van der Waals surface area contributed by atoms with E-state index in [-0.39, 0.29) is 0 Å². The van der Waals surface area contributed by atoms with Crippen molar-refractivity contribution in [2.24, 2.45) is 0 Å². The van der Waals surface area contributed by atoms with Crippen LogP contribution in [0, 0.1) is 0 Å². The van der Waals surface area contributed by atoms with Gasteiger partial charge in [-0.2, -0.15) is 0 Å². The summed E-state index contributed by atoms with van der Waals surface area (Å²) in [6.45, 7) is 9.64. The first-order valence-corrected chi connectivity index (χ1v) is 2.36. The minimum absolute atomic E-state index is 1.09. The molecule has 0 aliphatic carbocycles. The van der Waals surface area contributed by atoms with Gasteiger partial charge in [0.2, 0.25) is 0 Å². The molecule has 0 unspecified atom stereocenters. The van der Waals surface area contributed by atoms with Gasteiger partial charge >= 0.3 is 0 Å². The smallest absolute Gasteiger partial charge is 0.182 e. The summed E-state index contributed by atoms with van der Waals surface area (Å²) in [5, 5.41) is 3.11. The van der Waals surface area contributed by atoms with Crippen LogP contribution < -0.4 is 5.32 Å². The van der Waals surface area contributed by atoms with E-state index in [4.69, 9.17) is 4.79 Å². The number of hydrogen-bond acceptors (Lipinski definition) is 2. The van der Waals surface area contributed by atoms with E-state index in [0.29, 0.717) is 0 Å². The van der Waals surface area contributed by atoms with E-state index in [0.717, 1.165) is 13.1 Å². The van der Waals surface area contributed by atoms with Crippen molar-refractivity contribution in [3.05, 3.63) is 0 Å². The lowest BCUT2D eigenvalue weighted by molar-refractivity contribution is 0.574. The predicted molar refractivity (Wildman–Crippen MR) is 31.0 cm³/mol. The monoisotopic (exact) mass is 102 g/mol. The SMILES string of the molecule is CCNCC.[CH]=O. The first kappa shape index (κ1) is 9.80. The molecule has 0 rings (SSSR count). The van der Waals surface area contributed by atoms with E-state index >= 15 is 0 Å². The Morgan fingerprint density at radius 3 is 1.57 bits per heavy atom. The summed E-state index contributed by atoms with van der Waals surface area (Å²) in [5.41, 5.74) is 0. The normalized spacial score (nSPS) is 6.57. The van der Waals surface area contributed by atoms with Crippen LogP contribution in [0.15, 0.2) is 0 Å². The zero-order chi connectivity index (χ0) is 6.12. The van der Waals surface area contributed by atoms with Gasteiger partial charge in [0.15, 0.2) is 6.79 Å². The van der Waals surface area contributed by atoms with Crippen LogP contribution in [0.4, 0.5) is 0 Å². The molecule has 0 saturated heterocycles. The molecule has 7 heavy (non-hydrogen) atoms. The average Bonchev–Trinajstić information content (AvgIpc) is 1.75. The van der Waals surface area contributed by atoms with Crippen LogP contribution in [0.3, 0.4) is 0 Å². The summed E-state index contributed by atoms with van der Waals surface area (Å²) in [4.78, 5) is 7.75. The molecule has 0 saturated carbocycles. The zero-order valence-corrected chi connectivity index (χ0v) is 4.90. The summed E-state index contributed by atoms with van der Waals surface area (Å²) in [6.07, 6.45) is 0. The molecule has 0 atom stereocenters. The Labute approximate surface area is 44.9 Å². The van der Waals surface area contributed by atoms with Gasteiger partial charge in [0.1, 0.15) is 0 Å². The van der Waals surface area contributed by atoms with Gasteiger partial charge in [-0.15, -0.1) is 0 Å². The van der Waals surface area contributed by atoms with Crippen LogP contribution in [0.1, 0.15) is 13.8 Å². The molecule has 0 aliphatic rings. The van der Waals surface area contributed by atoms with Gasteiger partial charge in [0.05, 0.1) is 0 Å². The number of nitrogens with one attached hydrogen (secondary N) is 1. The van der Waals surface area contributed by atoms with Crippen LogP contribution in [0.5, 0.6) is 0 Å². The Bertz CT molecular complexity index is 22.0. The molecule has 0 aromatic heterocycles. The fraction of sp³-hybridized carbons (Fsp3) is 0.800. The Kier molecular flexibility index (Phi) is 24.4. The molecule has 0 bridgehead atoms. The maximum Gasteiger partial charge on any atom is 0.182 e. The highest BCUT2D eigenvalue weighted by Gasteiger charge is 1.62. The molecule has 2 nitrogen and oxygen atoms in total. The lowest BCUT2D eigenvalue weighted by Crippen LogP contribution is -2.09. The highest BCUT2D eigenvalue weighted by molar-refractivity contribution is 5.12. The number of rotatable bonds is 2. The van der Waals surface area contributed by atoms with Gasteiger partial charge in [-0.25, -0.2) is 0 Å². The van der Waals surface area contributed by atoms with Gasteiger partial charge in [-0.1, -0.05) is 13.8 Å². The molecular weight excluding hydrogens is 90.1 g/mol. The maximum absolute atomic E-state index is 7.75. The van der Waals surface area contributed by atoms with Crippen LogP contribution in [0.2, 0.25) is 0 Å². The zero-order valence-electron chi connectivity index (χ0n) is 4.90. The molecule has 1 radical (unpaired) electrons. The third-order valence-electron chi connectivity index (χ3n) is 0.500. The fourth-order valence-electron chi connectivity index (χ4n) is 0.250. The van der Waals surface area contributed by atoms with Crippen molar-refractivity contribution in [1.82, 2.24) is 5.32 Å². The first-order chi connectivity index (χ1) is 3.41. The van der Waals surface area contributed by atoms with Crippen LogP contribution in [0.25, 0.3) is 0 Å². The molecule has 0 amide bonds. The van der Waals surface area contributed by atoms with Crippen LogP contribution in [-0.2, 0) is 4.79 Å². The summed E-state index contributed by atoms with van der Waals surface area (Å²) in [5.74, 6) is 0. The lowest BCUT2D eigenvalue weighted by Gasteiger charge is -1.86. The summed E-state index contributed by atoms with van der Waals surface area (Å²) in [6, 6.07) is 0. The van der Waals surface area contributed by atoms with E-state index in [2.05, 4.69) is 26.0 Å². The topological polar surface area (TPSA) is 29.1 Å². The second-order valence-corrected chi connectivity index (χ2v) is 0.957. The number of carbonyl (C=O) groups excluding carboxylic acids is 1. The molecule has 2 heteroatoms. The van der Waals surface area contributed by atoms with Crippen molar-refractivity contribution >= 4 is 6.79 Å². The number of hydrogen-bond donors (Lipinski definition) is 1. The second kappa shape index (κ2) is 17.4. The van der Waals surface area contributed by atoms with Gasteiger partial charge in [0, 0.05) is 0 Å². The quantitative estimate of drug-likeness (QED) is 0.509. The molecular formula is C5H12NO. The molecule has 0 heterocycles. The average molecular weight is 102 g/mol. The van der Waals surface area contributed by atoms with Gasteiger partial charge in [-0.3, -0.25) is 4.79 Å². The molecule has 0 spiro atoms. The van der Waals surface area contributed by atoms with E-state index in [9.17, 15) is 0 Å². The van der Waals surface area contributed by atoms with Crippen molar-refractivity contribution < 1.29 is 4.79 Å². The van der Waals surface area contributed by atoms with Gasteiger partial charge in [-0.05, 0) is 13.1 Å². The predicted octanol–water partition coefficient (Wildman–Crippen LogP) is 0.342. The highest BCUT2D eigenvalue weighted by Crippen LogP contribution is 1.47.